The molecule has 2 aliphatic rings. The molecule has 0 saturated carbocycles. The van der Waals surface area contributed by atoms with Crippen molar-refractivity contribution in [1.82, 2.24) is 9.80 Å². The van der Waals surface area contributed by atoms with E-state index in [0.29, 0.717) is 12.6 Å². The first-order valence-electron chi connectivity index (χ1n) is 6.08. The number of hydrogen-bond donors (Lipinski definition) is 0. The summed E-state index contributed by atoms with van der Waals surface area (Å²) in [5.41, 5.74) is 0. The monoisotopic (exact) mass is 234 g/mol. The zero-order chi connectivity index (χ0) is 11.4. The Bertz CT molecular complexity index is 216. The largest absolute Gasteiger partial charge is 0.374 e. The molecule has 0 aromatic carbocycles. The Hall–Kier alpha value is -0.260. The van der Waals surface area contributed by atoms with E-state index in [1.54, 1.807) is 0 Å². The number of alkyl halides is 2. The summed E-state index contributed by atoms with van der Waals surface area (Å²) < 4.78 is 28.6. The molecule has 0 spiro atoms. The van der Waals surface area contributed by atoms with Gasteiger partial charge in [-0.05, 0) is 19.4 Å². The van der Waals surface area contributed by atoms with Crippen molar-refractivity contribution < 1.29 is 13.5 Å². The molecule has 0 amide bonds. The van der Waals surface area contributed by atoms with Crippen molar-refractivity contribution in [3.8, 4) is 0 Å². The van der Waals surface area contributed by atoms with Crippen molar-refractivity contribution in [2.45, 2.75) is 25.3 Å². The van der Waals surface area contributed by atoms with E-state index < -0.39 is 13.0 Å². The predicted molar refractivity (Wildman–Crippen MR) is 57.9 cm³/mol. The molecule has 2 heterocycles. The Labute approximate surface area is 95.3 Å². The van der Waals surface area contributed by atoms with Crippen LogP contribution in [0.1, 0.15) is 12.8 Å². The summed E-state index contributed by atoms with van der Waals surface area (Å²) in [5.74, 6) is 0. The van der Waals surface area contributed by atoms with Crippen LogP contribution in [0.3, 0.4) is 0 Å². The second kappa shape index (κ2) is 5.89. The van der Waals surface area contributed by atoms with Crippen LogP contribution in [0.5, 0.6) is 0 Å². The van der Waals surface area contributed by atoms with Gasteiger partial charge >= 0.3 is 0 Å². The minimum atomic E-state index is -2.34. The van der Waals surface area contributed by atoms with Crippen molar-refractivity contribution in [1.29, 1.82) is 0 Å². The summed E-state index contributed by atoms with van der Waals surface area (Å²) in [6.45, 7) is 5.28. The van der Waals surface area contributed by atoms with Gasteiger partial charge in [-0.15, -0.1) is 0 Å². The topological polar surface area (TPSA) is 15.7 Å². The molecule has 0 aliphatic carbocycles. The highest BCUT2D eigenvalue weighted by molar-refractivity contribution is 4.86. The van der Waals surface area contributed by atoms with E-state index in [2.05, 4.69) is 9.80 Å². The van der Waals surface area contributed by atoms with E-state index in [0.717, 1.165) is 26.2 Å². The number of piperazine rings is 1. The lowest BCUT2D eigenvalue weighted by Gasteiger charge is -2.37. The molecule has 0 bridgehead atoms. The maximum Gasteiger partial charge on any atom is 0.261 e. The van der Waals surface area contributed by atoms with Gasteiger partial charge in [-0.25, -0.2) is 8.78 Å². The molecule has 1 unspecified atom stereocenters. The van der Waals surface area contributed by atoms with Crippen molar-refractivity contribution >= 4 is 0 Å². The van der Waals surface area contributed by atoms with Crippen molar-refractivity contribution in [2.24, 2.45) is 0 Å². The zero-order valence-corrected chi connectivity index (χ0v) is 9.58. The summed E-state index contributed by atoms with van der Waals surface area (Å²) in [6, 6.07) is 0.698. The minimum absolute atomic E-state index is 0.427. The summed E-state index contributed by atoms with van der Waals surface area (Å²) in [5, 5.41) is 0. The second-order valence-electron chi connectivity index (χ2n) is 4.60. The molecule has 3 nitrogen and oxygen atoms in total. The Balaban J connectivity index is 1.60. The third-order valence-corrected chi connectivity index (χ3v) is 3.47. The molecule has 16 heavy (non-hydrogen) atoms. The average Bonchev–Trinajstić information content (AvgIpc) is 2.71. The molecule has 0 N–H and O–H groups in total. The molecular formula is C11H20F2N2O. The van der Waals surface area contributed by atoms with Crippen LogP contribution < -0.4 is 0 Å². The lowest BCUT2D eigenvalue weighted by molar-refractivity contribution is 0.00258. The van der Waals surface area contributed by atoms with Gasteiger partial charge in [0.15, 0.2) is 0 Å². The molecule has 2 fully saturated rings. The molecule has 0 radical (unpaired) electrons. The summed E-state index contributed by atoms with van der Waals surface area (Å²) >= 11 is 0. The van der Waals surface area contributed by atoms with Gasteiger partial charge in [0.2, 0.25) is 0 Å². The summed E-state index contributed by atoms with van der Waals surface area (Å²) in [6.07, 6.45) is 0.251. The van der Waals surface area contributed by atoms with Crippen molar-refractivity contribution in [3.05, 3.63) is 0 Å². The fourth-order valence-corrected chi connectivity index (χ4v) is 2.62. The fraction of sp³-hybridized carbons (Fsp3) is 1.00. The lowest BCUT2D eigenvalue weighted by Crippen LogP contribution is -2.50. The first-order chi connectivity index (χ1) is 7.75. The average molecular weight is 234 g/mol. The van der Waals surface area contributed by atoms with Crippen molar-refractivity contribution in [3.63, 3.8) is 0 Å². The SMILES string of the molecule is FC(F)COCCN1CCN2CCCC2C1. The van der Waals surface area contributed by atoms with Crippen LogP contribution >= 0.6 is 0 Å². The Kier molecular flexibility index (Phi) is 4.49. The van der Waals surface area contributed by atoms with Crippen LogP contribution in [0.2, 0.25) is 0 Å². The van der Waals surface area contributed by atoms with Gasteiger partial charge in [-0.2, -0.15) is 0 Å². The molecule has 0 aromatic heterocycles. The highest BCUT2D eigenvalue weighted by Gasteiger charge is 2.29. The van der Waals surface area contributed by atoms with E-state index >= 15 is 0 Å². The van der Waals surface area contributed by atoms with E-state index in [1.807, 2.05) is 0 Å². The van der Waals surface area contributed by atoms with Gasteiger partial charge in [-0.3, -0.25) is 9.80 Å². The number of halogens is 2. The quantitative estimate of drug-likeness (QED) is 0.661. The number of hydrogen-bond acceptors (Lipinski definition) is 3. The van der Waals surface area contributed by atoms with Gasteiger partial charge in [0, 0.05) is 32.2 Å². The maximum absolute atomic E-state index is 11.8. The molecular weight excluding hydrogens is 214 g/mol. The molecule has 2 saturated heterocycles. The van der Waals surface area contributed by atoms with Gasteiger partial charge in [0.1, 0.15) is 6.61 Å². The molecule has 2 rings (SSSR count). The number of fused-ring (bicyclic) bond motifs is 1. The standard InChI is InChI=1S/C11H20F2N2O/c12-11(13)9-16-7-6-14-4-5-15-3-1-2-10(15)8-14/h10-11H,1-9H2. The van der Waals surface area contributed by atoms with Crippen LogP contribution in [-0.2, 0) is 4.74 Å². The van der Waals surface area contributed by atoms with Crippen LogP contribution in [0.25, 0.3) is 0 Å². The third-order valence-electron chi connectivity index (χ3n) is 3.47. The number of nitrogens with zero attached hydrogens (tertiary/aromatic N) is 2. The molecule has 2 aliphatic heterocycles. The molecule has 94 valence electrons. The molecule has 1 atom stereocenters. The third kappa shape index (κ3) is 3.37. The number of rotatable bonds is 5. The molecule has 0 aromatic rings. The summed E-state index contributed by atoms with van der Waals surface area (Å²) in [4.78, 5) is 4.87. The van der Waals surface area contributed by atoms with E-state index in [9.17, 15) is 8.78 Å². The maximum atomic E-state index is 11.8. The van der Waals surface area contributed by atoms with Gasteiger partial charge in [-0.1, -0.05) is 0 Å². The summed E-state index contributed by atoms with van der Waals surface area (Å²) in [7, 11) is 0. The smallest absolute Gasteiger partial charge is 0.261 e. The van der Waals surface area contributed by atoms with Crippen LogP contribution in [-0.4, -0.2) is 68.2 Å². The zero-order valence-electron chi connectivity index (χ0n) is 9.58. The Morgan fingerprint density at radius 1 is 1.25 bits per heavy atom. The first-order valence-corrected chi connectivity index (χ1v) is 6.08. The van der Waals surface area contributed by atoms with Gasteiger partial charge in [0.25, 0.3) is 6.43 Å². The lowest BCUT2D eigenvalue weighted by atomic mass is 10.1. The fourth-order valence-electron chi connectivity index (χ4n) is 2.62. The van der Waals surface area contributed by atoms with Crippen LogP contribution in [0.4, 0.5) is 8.78 Å². The number of ether oxygens (including phenoxy) is 1. The van der Waals surface area contributed by atoms with E-state index in [1.165, 1.54) is 19.4 Å². The normalized spacial score (nSPS) is 27.6. The molecule has 5 heteroatoms. The van der Waals surface area contributed by atoms with E-state index in [4.69, 9.17) is 4.74 Å². The Morgan fingerprint density at radius 3 is 2.94 bits per heavy atom. The Morgan fingerprint density at radius 2 is 2.12 bits per heavy atom. The van der Waals surface area contributed by atoms with E-state index in [-0.39, 0.29) is 0 Å². The van der Waals surface area contributed by atoms with Gasteiger partial charge in [0.05, 0.1) is 6.61 Å². The van der Waals surface area contributed by atoms with Gasteiger partial charge < -0.3 is 4.74 Å². The highest BCUT2D eigenvalue weighted by atomic mass is 19.3. The second-order valence-corrected chi connectivity index (χ2v) is 4.60. The van der Waals surface area contributed by atoms with Crippen molar-refractivity contribution in [2.75, 3.05) is 45.9 Å². The minimum Gasteiger partial charge on any atom is -0.374 e. The first kappa shape index (κ1) is 12.2. The predicted octanol–water partition coefficient (Wildman–Crippen LogP) is 1.05. The van der Waals surface area contributed by atoms with Crippen LogP contribution in [0.15, 0.2) is 0 Å². The van der Waals surface area contributed by atoms with Crippen LogP contribution in [0, 0.1) is 0 Å². The highest BCUT2D eigenvalue weighted by Crippen LogP contribution is 2.21.